The lowest BCUT2D eigenvalue weighted by Gasteiger charge is -2.13. The number of ether oxygens (including phenoxy) is 1. The molecule has 23 heavy (non-hydrogen) atoms. The summed E-state index contributed by atoms with van der Waals surface area (Å²) in [4.78, 5) is 10.5. The highest BCUT2D eigenvalue weighted by molar-refractivity contribution is 5.68. The monoisotopic (exact) mass is 307 g/mol. The number of nitrogens with zero attached hydrogens (tertiary/aromatic N) is 1. The number of hydrogen-bond donors (Lipinski definition) is 1. The number of aliphatic carboxylic acids is 1. The molecule has 0 aliphatic carbocycles. The van der Waals surface area contributed by atoms with Crippen LogP contribution in [0.3, 0.4) is 0 Å². The summed E-state index contributed by atoms with van der Waals surface area (Å²) in [5.41, 5.74) is 4.39. The molecule has 0 bridgehead atoms. The van der Waals surface area contributed by atoms with Gasteiger partial charge in [0.25, 0.3) is 0 Å². The maximum Gasteiger partial charge on any atom is 0.341 e. The second-order valence-electron chi connectivity index (χ2n) is 5.24. The van der Waals surface area contributed by atoms with Crippen molar-refractivity contribution in [1.82, 2.24) is 4.57 Å². The molecular weight excluding hydrogens is 290 g/mol. The van der Waals surface area contributed by atoms with Crippen LogP contribution in [-0.2, 0) is 4.79 Å². The Labute approximate surface area is 134 Å². The fourth-order valence-electron chi connectivity index (χ4n) is 2.55. The molecule has 0 aliphatic heterocycles. The fraction of sp³-hybridized carbons (Fsp3) is 0.105. The van der Waals surface area contributed by atoms with E-state index in [1.165, 1.54) is 0 Å². The molecule has 0 radical (unpaired) electrons. The zero-order valence-corrected chi connectivity index (χ0v) is 12.8. The van der Waals surface area contributed by atoms with E-state index in [0.29, 0.717) is 5.75 Å². The molecule has 0 saturated carbocycles. The molecule has 1 aromatic heterocycles. The van der Waals surface area contributed by atoms with E-state index in [-0.39, 0.29) is 6.61 Å². The number of aryl methyl sites for hydroxylation is 1. The Morgan fingerprint density at radius 1 is 1.00 bits per heavy atom. The molecule has 0 saturated heterocycles. The van der Waals surface area contributed by atoms with Gasteiger partial charge >= 0.3 is 5.97 Å². The smallest absolute Gasteiger partial charge is 0.341 e. The molecule has 1 heterocycles. The highest BCUT2D eigenvalue weighted by atomic mass is 16.5. The van der Waals surface area contributed by atoms with E-state index in [4.69, 9.17) is 9.84 Å². The average molecular weight is 307 g/mol. The lowest BCUT2D eigenvalue weighted by atomic mass is 10.1. The minimum atomic E-state index is -0.985. The second kappa shape index (κ2) is 6.40. The van der Waals surface area contributed by atoms with Gasteiger partial charge in [-0.2, -0.15) is 0 Å². The molecular formula is C19H17NO3. The van der Waals surface area contributed by atoms with Gasteiger partial charge in [0.2, 0.25) is 0 Å². The third-order valence-electron chi connectivity index (χ3n) is 3.60. The van der Waals surface area contributed by atoms with E-state index in [1.807, 2.05) is 30.3 Å². The Morgan fingerprint density at radius 3 is 2.35 bits per heavy atom. The van der Waals surface area contributed by atoms with Crippen LogP contribution in [0.2, 0.25) is 0 Å². The zero-order chi connectivity index (χ0) is 16.2. The summed E-state index contributed by atoms with van der Waals surface area (Å²) in [5.74, 6) is -0.441. The Morgan fingerprint density at radius 2 is 1.70 bits per heavy atom. The number of benzene rings is 2. The molecule has 116 valence electrons. The number of carboxylic acid groups (broad SMARTS) is 1. The molecule has 0 fully saturated rings. The van der Waals surface area contributed by atoms with Gasteiger partial charge in [-0.05, 0) is 48.9 Å². The molecule has 4 heteroatoms. The minimum absolute atomic E-state index is 0.336. The quantitative estimate of drug-likeness (QED) is 0.777. The van der Waals surface area contributed by atoms with Crippen molar-refractivity contribution in [2.75, 3.05) is 6.61 Å². The molecule has 3 aromatic rings. The third-order valence-corrected chi connectivity index (χ3v) is 3.60. The van der Waals surface area contributed by atoms with Gasteiger partial charge in [-0.15, -0.1) is 0 Å². The van der Waals surface area contributed by atoms with E-state index in [0.717, 1.165) is 22.6 Å². The number of aromatic nitrogens is 1. The van der Waals surface area contributed by atoms with E-state index in [9.17, 15) is 4.79 Å². The molecule has 2 aromatic carbocycles. The van der Waals surface area contributed by atoms with Gasteiger partial charge in [0.15, 0.2) is 6.61 Å². The van der Waals surface area contributed by atoms with Crippen molar-refractivity contribution in [2.45, 2.75) is 6.92 Å². The summed E-state index contributed by atoms with van der Waals surface area (Å²) < 4.78 is 7.34. The number of carboxylic acids is 1. The van der Waals surface area contributed by atoms with Gasteiger partial charge in [0, 0.05) is 11.4 Å². The van der Waals surface area contributed by atoms with Gasteiger partial charge in [0.1, 0.15) is 5.75 Å². The maximum absolute atomic E-state index is 10.5. The van der Waals surface area contributed by atoms with Crippen molar-refractivity contribution in [1.29, 1.82) is 0 Å². The molecule has 0 spiro atoms. The van der Waals surface area contributed by atoms with Crippen LogP contribution in [0.15, 0.2) is 66.7 Å². The SMILES string of the molecule is Cc1ccc(-c2ccccc2)n1-c1ccc(OCC(=O)O)cc1. The van der Waals surface area contributed by atoms with E-state index >= 15 is 0 Å². The molecule has 3 rings (SSSR count). The van der Waals surface area contributed by atoms with Crippen molar-refractivity contribution in [2.24, 2.45) is 0 Å². The van der Waals surface area contributed by atoms with E-state index < -0.39 is 5.97 Å². The molecule has 4 nitrogen and oxygen atoms in total. The molecule has 0 amide bonds. The molecule has 0 unspecified atom stereocenters. The van der Waals surface area contributed by atoms with E-state index in [1.54, 1.807) is 12.1 Å². The van der Waals surface area contributed by atoms with Crippen LogP contribution in [0.1, 0.15) is 5.69 Å². The Hall–Kier alpha value is -3.01. The first kappa shape index (κ1) is 14.9. The van der Waals surface area contributed by atoms with Gasteiger partial charge < -0.3 is 14.4 Å². The van der Waals surface area contributed by atoms with Crippen LogP contribution in [0.5, 0.6) is 5.75 Å². The summed E-state index contributed by atoms with van der Waals surface area (Å²) in [7, 11) is 0. The summed E-state index contributed by atoms with van der Waals surface area (Å²) in [5, 5.41) is 8.65. The Kier molecular flexibility index (Phi) is 4.15. The summed E-state index contributed by atoms with van der Waals surface area (Å²) >= 11 is 0. The van der Waals surface area contributed by atoms with Gasteiger partial charge in [-0.3, -0.25) is 0 Å². The standard InChI is InChI=1S/C19H17NO3/c1-14-7-12-18(15-5-3-2-4-6-15)20(14)16-8-10-17(11-9-16)23-13-19(21)22/h2-12H,13H2,1H3,(H,21,22). The van der Waals surface area contributed by atoms with Crippen LogP contribution in [0.4, 0.5) is 0 Å². The van der Waals surface area contributed by atoms with Crippen molar-refractivity contribution in [3.05, 3.63) is 72.4 Å². The topological polar surface area (TPSA) is 51.5 Å². The van der Waals surface area contributed by atoms with Gasteiger partial charge in [0.05, 0.1) is 5.69 Å². The predicted octanol–water partition coefficient (Wildman–Crippen LogP) is 3.92. The number of hydrogen-bond acceptors (Lipinski definition) is 2. The Bertz CT molecular complexity index is 804. The van der Waals surface area contributed by atoms with Crippen LogP contribution in [0, 0.1) is 6.92 Å². The average Bonchev–Trinajstić information content (AvgIpc) is 2.96. The highest BCUT2D eigenvalue weighted by Crippen LogP contribution is 2.27. The lowest BCUT2D eigenvalue weighted by molar-refractivity contribution is -0.139. The van der Waals surface area contributed by atoms with Crippen molar-refractivity contribution in [3.63, 3.8) is 0 Å². The molecule has 0 atom stereocenters. The first-order valence-electron chi connectivity index (χ1n) is 7.34. The fourth-order valence-corrected chi connectivity index (χ4v) is 2.55. The van der Waals surface area contributed by atoms with Crippen molar-refractivity contribution < 1.29 is 14.6 Å². The van der Waals surface area contributed by atoms with Gasteiger partial charge in [-0.1, -0.05) is 30.3 Å². The first-order chi connectivity index (χ1) is 11.1. The second-order valence-corrected chi connectivity index (χ2v) is 5.24. The van der Waals surface area contributed by atoms with Crippen molar-refractivity contribution >= 4 is 5.97 Å². The van der Waals surface area contributed by atoms with E-state index in [2.05, 4.69) is 35.8 Å². The van der Waals surface area contributed by atoms with Crippen LogP contribution in [-0.4, -0.2) is 22.2 Å². The summed E-state index contributed by atoms with van der Waals surface area (Å²) in [6, 6.07) is 21.8. The third kappa shape index (κ3) is 3.26. The van der Waals surface area contributed by atoms with Crippen LogP contribution in [0.25, 0.3) is 16.9 Å². The van der Waals surface area contributed by atoms with Gasteiger partial charge in [-0.25, -0.2) is 4.79 Å². The highest BCUT2D eigenvalue weighted by Gasteiger charge is 2.09. The van der Waals surface area contributed by atoms with Crippen LogP contribution < -0.4 is 4.74 Å². The Balaban J connectivity index is 1.93. The van der Waals surface area contributed by atoms with Crippen LogP contribution >= 0.6 is 0 Å². The minimum Gasteiger partial charge on any atom is -0.482 e. The number of carbonyl (C=O) groups is 1. The maximum atomic E-state index is 10.5. The predicted molar refractivity (Wildman–Crippen MR) is 89.1 cm³/mol. The largest absolute Gasteiger partial charge is 0.482 e. The summed E-state index contributed by atoms with van der Waals surface area (Å²) in [6.45, 7) is 1.72. The number of rotatable bonds is 5. The zero-order valence-electron chi connectivity index (χ0n) is 12.8. The molecule has 0 aliphatic rings. The molecule has 1 N–H and O–H groups in total. The lowest BCUT2D eigenvalue weighted by Crippen LogP contribution is -2.09. The van der Waals surface area contributed by atoms with Crippen molar-refractivity contribution in [3.8, 4) is 22.7 Å². The summed E-state index contributed by atoms with van der Waals surface area (Å²) in [6.07, 6.45) is 0. The first-order valence-corrected chi connectivity index (χ1v) is 7.34. The normalized spacial score (nSPS) is 10.5.